The minimum Gasteiger partial charge on any atom is -0.459 e. The molecule has 5 rings (SSSR count). The second-order valence-corrected chi connectivity index (χ2v) is 11.3. The standard InChI is InChI=1S/C29H36N6O3/c1-17-7-9-21(10-8-17)26-31-27-22(29(37)38-25-19(3)15-18(2)16-20(25)4)23(30-5)24(35(27)32-26)28(36)34-13-11-33(6)12-14-34/h7-10,18-20,25H,11-16H2,1-4,6H3,(H,31,32). The van der Waals surface area contributed by atoms with Crippen LogP contribution < -0.4 is 0 Å². The zero-order valence-corrected chi connectivity index (χ0v) is 22.8. The molecule has 1 saturated carbocycles. The lowest BCUT2D eigenvalue weighted by molar-refractivity contribution is -0.0249. The number of ether oxygens (including phenoxy) is 1. The maximum absolute atomic E-state index is 13.8. The summed E-state index contributed by atoms with van der Waals surface area (Å²) in [7, 11) is 2.02. The molecule has 9 nitrogen and oxygen atoms in total. The highest BCUT2D eigenvalue weighted by Crippen LogP contribution is 2.38. The number of carbonyl (C=O) groups excluding carboxylic acids is 2. The number of likely N-dealkylation sites (N-methyl/N-ethyl adjacent to an activating group) is 1. The predicted octanol–water partition coefficient (Wildman–Crippen LogP) is 4.80. The fourth-order valence-corrected chi connectivity index (χ4v) is 6.10. The third-order valence-corrected chi connectivity index (χ3v) is 8.10. The SMILES string of the molecule is [C-]#[N+]c1c(C(=O)OC2C(C)CC(C)CC2C)c2nc(-c3ccc(C)cc3)[nH]n2c1C(=O)N1CCN(C)CC1. The Morgan fingerprint density at radius 3 is 2.29 bits per heavy atom. The molecule has 9 heteroatoms. The summed E-state index contributed by atoms with van der Waals surface area (Å²) in [5.74, 6) is 0.635. The Morgan fingerprint density at radius 2 is 1.68 bits per heavy atom. The van der Waals surface area contributed by atoms with Gasteiger partial charge in [0.05, 0.1) is 6.57 Å². The summed E-state index contributed by atoms with van der Waals surface area (Å²) in [6, 6.07) is 7.85. The van der Waals surface area contributed by atoms with Crippen molar-refractivity contribution < 1.29 is 14.3 Å². The zero-order chi connectivity index (χ0) is 27.1. The van der Waals surface area contributed by atoms with Crippen molar-refractivity contribution in [3.05, 3.63) is 52.5 Å². The number of hydrogen-bond donors (Lipinski definition) is 1. The summed E-state index contributed by atoms with van der Waals surface area (Å²) in [5, 5.41) is 3.20. The van der Waals surface area contributed by atoms with Gasteiger partial charge in [-0.3, -0.25) is 9.89 Å². The smallest absolute Gasteiger partial charge is 0.331 e. The lowest BCUT2D eigenvalue weighted by Crippen LogP contribution is -2.47. The normalized spacial score (nSPS) is 24.4. The molecule has 0 bridgehead atoms. The number of esters is 1. The van der Waals surface area contributed by atoms with E-state index in [9.17, 15) is 9.59 Å². The number of benzene rings is 1. The number of fused-ring (bicyclic) bond motifs is 1. The van der Waals surface area contributed by atoms with Gasteiger partial charge >= 0.3 is 5.97 Å². The van der Waals surface area contributed by atoms with Crippen LogP contribution in [-0.4, -0.2) is 75.6 Å². The molecule has 200 valence electrons. The van der Waals surface area contributed by atoms with Crippen LogP contribution in [0.15, 0.2) is 24.3 Å². The average Bonchev–Trinajstić information content (AvgIpc) is 3.43. The van der Waals surface area contributed by atoms with Crippen LogP contribution in [0.25, 0.3) is 21.9 Å². The van der Waals surface area contributed by atoms with Crippen LogP contribution >= 0.6 is 0 Å². The van der Waals surface area contributed by atoms with Gasteiger partial charge in [0.2, 0.25) is 5.69 Å². The molecular formula is C29H36N6O3. The third-order valence-electron chi connectivity index (χ3n) is 8.10. The first kappa shape index (κ1) is 26.0. The number of carbonyl (C=O) groups is 2. The van der Waals surface area contributed by atoms with Crippen molar-refractivity contribution in [2.75, 3.05) is 33.2 Å². The average molecular weight is 517 g/mol. The summed E-state index contributed by atoms with van der Waals surface area (Å²) < 4.78 is 7.61. The highest BCUT2D eigenvalue weighted by atomic mass is 16.5. The molecule has 2 atom stereocenters. The highest BCUT2D eigenvalue weighted by Gasteiger charge is 2.38. The van der Waals surface area contributed by atoms with Gasteiger partial charge in [0.1, 0.15) is 17.4 Å². The number of nitrogens with one attached hydrogen (secondary N) is 1. The largest absolute Gasteiger partial charge is 0.459 e. The van der Waals surface area contributed by atoms with E-state index in [0.717, 1.165) is 37.1 Å². The first-order chi connectivity index (χ1) is 18.2. The van der Waals surface area contributed by atoms with Crippen LogP contribution in [0, 0.1) is 31.2 Å². The summed E-state index contributed by atoms with van der Waals surface area (Å²) >= 11 is 0. The molecule has 0 spiro atoms. The van der Waals surface area contributed by atoms with E-state index in [0.29, 0.717) is 24.8 Å². The molecule has 3 heterocycles. The zero-order valence-electron chi connectivity index (χ0n) is 22.8. The van der Waals surface area contributed by atoms with Gasteiger partial charge in [-0.05, 0) is 44.6 Å². The van der Waals surface area contributed by atoms with Crippen molar-refractivity contribution in [3.8, 4) is 11.4 Å². The number of hydrogen-bond acceptors (Lipinski definition) is 5. The van der Waals surface area contributed by atoms with Gasteiger partial charge in [-0.2, -0.15) is 0 Å². The molecule has 2 aromatic heterocycles. The van der Waals surface area contributed by atoms with Gasteiger partial charge in [0.15, 0.2) is 11.5 Å². The van der Waals surface area contributed by atoms with Gasteiger partial charge in [0, 0.05) is 31.7 Å². The van der Waals surface area contributed by atoms with E-state index < -0.39 is 5.97 Å². The van der Waals surface area contributed by atoms with E-state index in [-0.39, 0.29) is 46.4 Å². The summed E-state index contributed by atoms with van der Waals surface area (Å²) in [5.41, 5.74) is 2.38. The Bertz CT molecular complexity index is 1380. The Balaban J connectivity index is 1.60. The maximum atomic E-state index is 13.8. The number of aromatic amines is 1. The van der Waals surface area contributed by atoms with Gasteiger partial charge in [0.25, 0.3) is 5.91 Å². The molecule has 2 unspecified atom stereocenters. The number of nitrogens with zero attached hydrogens (tertiary/aromatic N) is 5. The number of piperazine rings is 1. The Hall–Kier alpha value is -3.64. The van der Waals surface area contributed by atoms with Crippen LogP contribution in [0.2, 0.25) is 0 Å². The fraction of sp³-hybridized carbons (Fsp3) is 0.517. The first-order valence-electron chi connectivity index (χ1n) is 13.5. The van der Waals surface area contributed by atoms with Gasteiger partial charge in [-0.15, -0.1) is 0 Å². The van der Waals surface area contributed by atoms with Crippen LogP contribution in [0.3, 0.4) is 0 Å². The van der Waals surface area contributed by atoms with Crippen molar-refractivity contribution in [1.82, 2.24) is 24.4 Å². The lowest BCUT2D eigenvalue weighted by Gasteiger charge is -2.37. The van der Waals surface area contributed by atoms with Gasteiger partial charge < -0.3 is 14.5 Å². The van der Waals surface area contributed by atoms with Crippen LogP contribution in [0.5, 0.6) is 0 Å². The third kappa shape index (κ3) is 4.69. The molecule has 1 aromatic carbocycles. The first-order valence-corrected chi connectivity index (χ1v) is 13.5. The number of H-pyrrole nitrogens is 1. The predicted molar refractivity (Wildman–Crippen MR) is 145 cm³/mol. The van der Waals surface area contributed by atoms with Crippen molar-refractivity contribution in [1.29, 1.82) is 0 Å². The van der Waals surface area contributed by atoms with Crippen molar-refractivity contribution in [2.24, 2.45) is 17.8 Å². The van der Waals surface area contributed by atoms with E-state index in [2.05, 4.69) is 35.6 Å². The van der Waals surface area contributed by atoms with Crippen molar-refractivity contribution >= 4 is 23.2 Å². The maximum Gasteiger partial charge on any atom is 0.331 e. The second-order valence-electron chi connectivity index (χ2n) is 11.3. The molecule has 2 aliphatic rings. The molecule has 1 N–H and O–H groups in total. The molecule has 1 amide bonds. The number of rotatable bonds is 4. The van der Waals surface area contributed by atoms with E-state index in [4.69, 9.17) is 16.3 Å². The second kappa shape index (κ2) is 10.3. The Labute approximate surface area is 223 Å². The Morgan fingerprint density at radius 1 is 1.05 bits per heavy atom. The van der Waals surface area contributed by atoms with Crippen molar-refractivity contribution in [2.45, 2.75) is 46.6 Å². The van der Waals surface area contributed by atoms with E-state index in [1.807, 2.05) is 38.2 Å². The van der Waals surface area contributed by atoms with E-state index in [1.165, 1.54) is 4.52 Å². The van der Waals surface area contributed by atoms with E-state index >= 15 is 0 Å². The molecule has 1 aliphatic carbocycles. The molecule has 3 aromatic rings. The van der Waals surface area contributed by atoms with Crippen LogP contribution in [0.4, 0.5) is 5.69 Å². The van der Waals surface area contributed by atoms with Crippen LogP contribution in [-0.2, 0) is 4.74 Å². The van der Waals surface area contributed by atoms with Gasteiger partial charge in [-0.1, -0.05) is 50.6 Å². The van der Waals surface area contributed by atoms with E-state index in [1.54, 1.807) is 4.90 Å². The topological polar surface area (TPSA) is 87.3 Å². The molecule has 1 saturated heterocycles. The number of aryl methyl sites for hydroxylation is 1. The van der Waals surface area contributed by atoms with Crippen molar-refractivity contribution in [3.63, 3.8) is 0 Å². The monoisotopic (exact) mass is 516 g/mol. The quantitative estimate of drug-likeness (QED) is 0.398. The Kier molecular flexibility index (Phi) is 7.01. The molecule has 2 fully saturated rings. The minimum atomic E-state index is -0.592. The lowest BCUT2D eigenvalue weighted by atomic mass is 9.75. The summed E-state index contributed by atoms with van der Waals surface area (Å²) in [6.07, 6.45) is 1.71. The highest BCUT2D eigenvalue weighted by molar-refractivity contribution is 6.11. The van der Waals surface area contributed by atoms with Crippen LogP contribution in [0.1, 0.15) is 60.0 Å². The summed E-state index contributed by atoms with van der Waals surface area (Å²) in [6.45, 7) is 19.0. The molecule has 1 aliphatic heterocycles. The number of amides is 1. The molecular weight excluding hydrogens is 480 g/mol. The number of aromatic nitrogens is 3. The molecule has 38 heavy (non-hydrogen) atoms. The summed E-state index contributed by atoms with van der Waals surface area (Å²) in [4.78, 5) is 39.9. The fourth-order valence-electron chi connectivity index (χ4n) is 6.10. The van der Waals surface area contributed by atoms with Gasteiger partial charge in [-0.25, -0.2) is 19.1 Å². The molecule has 0 radical (unpaired) electrons. The minimum absolute atomic E-state index is 0.00221.